The number of rotatable bonds is 0. The van der Waals surface area contributed by atoms with E-state index >= 15 is 0 Å². The Hall–Kier alpha value is -0.290. The molecule has 2 heterocycles. The van der Waals surface area contributed by atoms with Crippen molar-refractivity contribution in [3.05, 3.63) is 0 Å². The summed E-state index contributed by atoms with van der Waals surface area (Å²) in [6.07, 6.45) is 1.21. The highest BCUT2D eigenvalue weighted by Crippen LogP contribution is 2.10. The van der Waals surface area contributed by atoms with Gasteiger partial charge in [-0.15, -0.1) is 0 Å². The molecule has 0 amide bonds. The Morgan fingerprint density at radius 1 is 0.733 bits per heavy atom. The molecule has 2 fully saturated rings. The molecule has 2 saturated heterocycles. The van der Waals surface area contributed by atoms with Crippen molar-refractivity contribution in [1.82, 2.24) is 0 Å². The predicted octanol–water partition coefficient (Wildman–Crippen LogP) is 3.16. The zero-order valence-corrected chi connectivity index (χ0v) is 9.11. The Morgan fingerprint density at radius 2 is 1.07 bits per heavy atom. The minimum absolute atomic E-state index is 0.188. The second kappa shape index (κ2) is 8.97. The minimum Gasteiger partial charge on any atom is -0.381 e. The average Bonchev–Trinajstić information content (AvgIpc) is 2.01. The van der Waals surface area contributed by atoms with Crippen LogP contribution in [-0.4, -0.2) is 32.6 Å². The molecule has 0 bridgehead atoms. The Kier molecular flexibility index (Phi) is 8.80. The standard InChI is InChI=1S/C5H10O.C3H6O.C2H3F3/c1-2-4-6-5-3-1;1-2-4-3-1;1-2(3,4)5/h1-5H2;1-3H2;1H3. The van der Waals surface area contributed by atoms with Gasteiger partial charge in [-0.2, -0.15) is 13.2 Å². The highest BCUT2D eigenvalue weighted by molar-refractivity contribution is 4.45. The summed E-state index contributed by atoms with van der Waals surface area (Å²) in [5.74, 6) is 0. The van der Waals surface area contributed by atoms with Crippen LogP contribution < -0.4 is 0 Å². The normalized spacial score (nSPS) is 20.0. The second-order valence-corrected chi connectivity index (χ2v) is 3.42. The summed E-state index contributed by atoms with van der Waals surface area (Å²) in [6.45, 7) is 4.19. The summed E-state index contributed by atoms with van der Waals surface area (Å²) >= 11 is 0. The van der Waals surface area contributed by atoms with Gasteiger partial charge in [-0.3, -0.25) is 0 Å². The first-order chi connectivity index (χ1) is 7.00. The summed E-state index contributed by atoms with van der Waals surface area (Å²) in [5.41, 5.74) is 0. The molecule has 0 unspecified atom stereocenters. The van der Waals surface area contributed by atoms with E-state index in [1.54, 1.807) is 0 Å². The minimum atomic E-state index is -4.00. The number of halogens is 3. The van der Waals surface area contributed by atoms with Crippen molar-refractivity contribution in [2.24, 2.45) is 0 Å². The van der Waals surface area contributed by atoms with Crippen LogP contribution in [0.25, 0.3) is 0 Å². The van der Waals surface area contributed by atoms with E-state index in [0.717, 1.165) is 26.4 Å². The lowest BCUT2D eigenvalue weighted by atomic mass is 10.2. The Balaban J connectivity index is 0.000000200. The van der Waals surface area contributed by atoms with Gasteiger partial charge in [0, 0.05) is 33.4 Å². The van der Waals surface area contributed by atoms with Gasteiger partial charge in [-0.1, -0.05) is 0 Å². The molecule has 0 saturated carbocycles. The first-order valence-electron chi connectivity index (χ1n) is 5.22. The summed E-state index contributed by atoms with van der Waals surface area (Å²) < 4.78 is 40.9. The third kappa shape index (κ3) is 19.9. The lowest BCUT2D eigenvalue weighted by molar-refractivity contribution is -0.110. The van der Waals surface area contributed by atoms with E-state index in [1.165, 1.54) is 25.7 Å². The third-order valence-electron chi connectivity index (χ3n) is 1.65. The van der Waals surface area contributed by atoms with Crippen molar-refractivity contribution in [1.29, 1.82) is 0 Å². The predicted molar refractivity (Wildman–Crippen MR) is 51.8 cm³/mol. The van der Waals surface area contributed by atoms with E-state index in [9.17, 15) is 13.2 Å². The van der Waals surface area contributed by atoms with Gasteiger partial charge < -0.3 is 9.47 Å². The maximum absolute atomic E-state index is 10.4. The first-order valence-corrected chi connectivity index (χ1v) is 5.22. The van der Waals surface area contributed by atoms with Crippen molar-refractivity contribution in [3.63, 3.8) is 0 Å². The lowest BCUT2D eigenvalue weighted by Gasteiger charge is -2.09. The van der Waals surface area contributed by atoms with E-state index in [1.807, 2.05) is 0 Å². The Morgan fingerprint density at radius 3 is 1.13 bits per heavy atom. The maximum Gasteiger partial charge on any atom is 0.386 e. The fraction of sp³-hybridized carbons (Fsp3) is 1.00. The monoisotopic (exact) mass is 228 g/mol. The van der Waals surface area contributed by atoms with Crippen molar-refractivity contribution in [3.8, 4) is 0 Å². The molecule has 5 heteroatoms. The van der Waals surface area contributed by atoms with Crippen LogP contribution in [0.2, 0.25) is 0 Å². The molecule has 15 heavy (non-hydrogen) atoms. The van der Waals surface area contributed by atoms with E-state index in [0.29, 0.717) is 0 Å². The molecule has 2 nitrogen and oxygen atoms in total. The van der Waals surface area contributed by atoms with Crippen LogP contribution in [-0.2, 0) is 9.47 Å². The molecule has 0 atom stereocenters. The van der Waals surface area contributed by atoms with Gasteiger partial charge in [-0.05, 0) is 25.7 Å². The molecular weight excluding hydrogens is 209 g/mol. The first kappa shape index (κ1) is 14.7. The van der Waals surface area contributed by atoms with Crippen molar-refractivity contribution in [2.75, 3.05) is 26.4 Å². The van der Waals surface area contributed by atoms with E-state index in [-0.39, 0.29) is 6.92 Å². The Bertz CT molecular complexity index is 108. The third-order valence-corrected chi connectivity index (χ3v) is 1.65. The molecule has 0 aromatic heterocycles. The molecule has 0 spiro atoms. The molecule has 2 rings (SSSR count). The van der Waals surface area contributed by atoms with Crippen LogP contribution in [0.3, 0.4) is 0 Å². The van der Waals surface area contributed by atoms with Crippen molar-refractivity contribution >= 4 is 0 Å². The lowest BCUT2D eigenvalue weighted by Crippen LogP contribution is -2.09. The number of alkyl halides is 3. The molecule has 0 aliphatic carbocycles. The number of hydrogen-bond acceptors (Lipinski definition) is 2. The number of hydrogen-bond donors (Lipinski definition) is 0. The molecule has 0 radical (unpaired) electrons. The molecule has 2 aliphatic rings. The van der Waals surface area contributed by atoms with Crippen molar-refractivity contribution in [2.45, 2.75) is 38.8 Å². The highest BCUT2D eigenvalue weighted by Gasteiger charge is 2.15. The zero-order valence-electron chi connectivity index (χ0n) is 9.11. The summed E-state index contributed by atoms with van der Waals surface area (Å²) in [4.78, 5) is 0. The largest absolute Gasteiger partial charge is 0.386 e. The zero-order chi connectivity index (χ0) is 11.6. The molecule has 0 aromatic carbocycles. The molecular formula is C10H19F3O2. The summed E-state index contributed by atoms with van der Waals surface area (Å²) in [6, 6.07) is 0. The summed E-state index contributed by atoms with van der Waals surface area (Å²) in [5, 5.41) is 0. The van der Waals surface area contributed by atoms with Gasteiger partial charge >= 0.3 is 6.18 Å². The molecule has 0 N–H and O–H groups in total. The molecule has 0 aromatic rings. The van der Waals surface area contributed by atoms with Crippen LogP contribution in [0.1, 0.15) is 32.6 Å². The molecule has 92 valence electrons. The van der Waals surface area contributed by atoms with Gasteiger partial charge in [-0.25, -0.2) is 0 Å². The van der Waals surface area contributed by atoms with Crippen LogP contribution >= 0.6 is 0 Å². The van der Waals surface area contributed by atoms with E-state index in [2.05, 4.69) is 0 Å². The fourth-order valence-electron chi connectivity index (χ4n) is 0.831. The van der Waals surface area contributed by atoms with E-state index < -0.39 is 6.18 Å². The van der Waals surface area contributed by atoms with Crippen LogP contribution in [0.5, 0.6) is 0 Å². The van der Waals surface area contributed by atoms with Crippen LogP contribution in [0, 0.1) is 0 Å². The molecule has 2 aliphatic heterocycles. The van der Waals surface area contributed by atoms with Gasteiger partial charge in [0.15, 0.2) is 0 Å². The van der Waals surface area contributed by atoms with Gasteiger partial charge in [0.05, 0.1) is 0 Å². The highest BCUT2D eigenvalue weighted by atomic mass is 19.4. The fourth-order valence-corrected chi connectivity index (χ4v) is 0.831. The van der Waals surface area contributed by atoms with Crippen LogP contribution in [0.15, 0.2) is 0 Å². The topological polar surface area (TPSA) is 18.5 Å². The average molecular weight is 228 g/mol. The Labute approximate surface area is 88.7 Å². The van der Waals surface area contributed by atoms with Gasteiger partial charge in [0.2, 0.25) is 0 Å². The SMILES string of the molecule is C1CCOCC1.C1COC1.CC(F)(F)F. The summed E-state index contributed by atoms with van der Waals surface area (Å²) in [7, 11) is 0. The van der Waals surface area contributed by atoms with Gasteiger partial charge in [0.25, 0.3) is 0 Å². The number of ether oxygens (including phenoxy) is 2. The van der Waals surface area contributed by atoms with Crippen molar-refractivity contribution < 1.29 is 22.6 Å². The van der Waals surface area contributed by atoms with E-state index in [4.69, 9.17) is 9.47 Å². The maximum atomic E-state index is 10.4. The van der Waals surface area contributed by atoms with Gasteiger partial charge in [0.1, 0.15) is 0 Å². The van der Waals surface area contributed by atoms with Crippen LogP contribution in [0.4, 0.5) is 13.2 Å². The smallest absolute Gasteiger partial charge is 0.381 e. The quantitative estimate of drug-likeness (QED) is 0.634. The second-order valence-electron chi connectivity index (χ2n) is 3.42.